The summed E-state index contributed by atoms with van der Waals surface area (Å²) in [7, 11) is 0. The molecule has 0 aliphatic rings. The first-order chi connectivity index (χ1) is 16.8. The smallest absolute Gasteiger partial charge is 0.178 e. The van der Waals surface area contributed by atoms with E-state index in [1.54, 1.807) is 6.20 Å². The summed E-state index contributed by atoms with van der Waals surface area (Å²) in [6.45, 7) is 0.435. The number of halogens is 1. The van der Waals surface area contributed by atoms with Gasteiger partial charge in [-0.05, 0) is 47.5 Å². The fourth-order valence-corrected chi connectivity index (χ4v) is 4.46. The lowest BCUT2D eigenvalue weighted by molar-refractivity contribution is 0.305. The summed E-state index contributed by atoms with van der Waals surface area (Å²) in [4.78, 5) is 9.07. The van der Waals surface area contributed by atoms with Crippen LogP contribution in [0.15, 0.2) is 82.7 Å². The highest BCUT2D eigenvalue weighted by molar-refractivity contribution is 7.13. The number of thiazole rings is 1. The third-order valence-corrected chi connectivity index (χ3v) is 6.24. The number of hydrogen-bond acceptors (Lipinski definition) is 8. The van der Waals surface area contributed by atoms with Gasteiger partial charge in [0.05, 0.1) is 5.69 Å². The Labute approximate surface area is 210 Å². The van der Waals surface area contributed by atoms with Gasteiger partial charge in [-0.1, -0.05) is 35.5 Å². The third-order valence-electron chi connectivity index (χ3n) is 5.38. The Morgan fingerprint density at radius 3 is 2.66 bits per heavy atom. The van der Waals surface area contributed by atoms with Crippen LogP contribution in [-0.2, 0) is 13.0 Å². The van der Waals surface area contributed by atoms with Crippen molar-refractivity contribution in [1.82, 2.24) is 30.6 Å². The predicted molar refractivity (Wildman–Crippen MR) is 136 cm³/mol. The molecule has 0 fully saturated rings. The van der Waals surface area contributed by atoms with Crippen LogP contribution in [0.5, 0.6) is 5.75 Å². The van der Waals surface area contributed by atoms with Crippen molar-refractivity contribution in [1.29, 1.82) is 0 Å². The normalized spacial score (nSPS) is 10.9. The molecule has 0 saturated carbocycles. The molecule has 4 heterocycles. The molecule has 1 N–H and O–H groups in total. The van der Waals surface area contributed by atoms with Crippen LogP contribution in [0.4, 0.5) is 0 Å². The second-order valence-electron chi connectivity index (χ2n) is 7.63. The van der Waals surface area contributed by atoms with Gasteiger partial charge in [-0.3, -0.25) is 4.98 Å². The number of rotatable bonds is 7. The lowest BCUT2D eigenvalue weighted by Crippen LogP contribution is -2.02. The predicted octanol–water partition coefficient (Wildman–Crippen LogP) is 5.72. The number of fused-ring (bicyclic) bond motifs is 1. The number of H-pyrrole nitrogens is 1. The van der Waals surface area contributed by atoms with E-state index in [9.17, 15) is 0 Å². The number of hydrogen-bond donors (Lipinski definition) is 1. The summed E-state index contributed by atoms with van der Waals surface area (Å²) >= 11 is 1.53. The summed E-state index contributed by atoms with van der Waals surface area (Å²) in [6, 6.07) is 21.7. The number of pyridine rings is 1. The number of nitrogens with one attached hydrogen (secondary N) is 1. The highest BCUT2D eigenvalue weighted by Gasteiger charge is 2.13. The average Bonchev–Trinajstić information content (AvgIpc) is 3.64. The fraction of sp³-hybridized carbons (Fsp3) is 0.0800. The number of furan rings is 1. The van der Waals surface area contributed by atoms with Crippen molar-refractivity contribution >= 4 is 34.7 Å². The fourth-order valence-electron chi connectivity index (χ4n) is 3.70. The highest BCUT2D eigenvalue weighted by atomic mass is 35.5. The lowest BCUT2D eigenvalue weighted by Gasteiger charge is -2.10. The van der Waals surface area contributed by atoms with Gasteiger partial charge in [0, 0.05) is 23.4 Å². The molecule has 174 valence electrons. The number of nitrogens with zero attached hydrogens (tertiary/aromatic N) is 5. The molecular formula is C25H19ClN6O2S. The van der Waals surface area contributed by atoms with E-state index in [0.717, 1.165) is 50.0 Å². The van der Waals surface area contributed by atoms with E-state index in [4.69, 9.17) is 14.1 Å². The molecule has 0 bridgehead atoms. The SMILES string of the molecule is Cl.c1ccc(-c2csc(-c3cc4cc(OCc5ccccc5Cc5nn[nH]n5)ccc4o3)n2)nc1. The second kappa shape index (κ2) is 10.0. The van der Waals surface area contributed by atoms with Gasteiger partial charge >= 0.3 is 0 Å². The van der Waals surface area contributed by atoms with Crippen molar-refractivity contribution in [2.45, 2.75) is 13.0 Å². The van der Waals surface area contributed by atoms with Crippen LogP contribution in [0, 0.1) is 0 Å². The molecule has 0 radical (unpaired) electrons. The van der Waals surface area contributed by atoms with Gasteiger partial charge in [-0.15, -0.1) is 33.9 Å². The quantitative estimate of drug-likeness (QED) is 0.297. The second-order valence-corrected chi connectivity index (χ2v) is 8.48. The van der Waals surface area contributed by atoms with Crippen LogP contribution in [0.2, 0.25) is 0 Å². The van der Waals surface area contributed by atoms with E-state index in [0.29, 0.717) is 18.9 Å². The molecule has 0 amide bonds. The number of aromatic nitrogens is 6. The largest absolute Gasteiger partial charge is 0.489 e. The lowest BCUT2D eigenvalue weighted by atomic mass is 10.1. The maximum atomic E-state index is 6.11. The summed E-state index contributed by atoms with van der Waals surface area (Å²) in [6.07, 6.45) is 2.36. The minimum atomic E-state index is 0. The summed E-state index contributed by atoms with van der Waals surface area (Å²) < 4.78 is 12.2. The average molecular weight is 503 g/mol. The number of tetrazole rings is 1. The van der Waals surface area contributed by atoms with Crippen molar-refractivity contribution in [3.8, 4) is 27.9 Å². The van der Waals surface area contributed by atoms with Gasteiger partial charge in [0.1, 0.15) is 23.6 Å². The molecule has 6 aromatic rings. The van der Waals surface area contributed by atoms with Crippen LogP contribution in [-0.4, -0.2) is 30.6 Å². The number of ether oxygens (including phenoxy) is 1. The van der Waals surface area contributed by atoms with E-state index in [-0.39, 0.29) is 12.4 Å². The Kier molecular flexibility index (Phi) is 6.51. The molecule has 10 heteroatoms. The third kappa shape index (κ3) is 4.91. The van der Waals surface area contributed by atoms with Crippen LogP contribution >= 0.6 is 23.7 Å². The molecule has 0 saturated heterocycles. The summed E-state index contributed by atoms with van der Waals surface area (Å²) in [5.74, 6) is 2.14. The topological polar surface area (TPSA) is 103 Å². The monoisotopic (exact) mass is 502 g/mol. The summed E-state index contributed by atoms with van der Waals surface area (Å²) in [5.41, 5.74) is 4.64. The Bertz CT molecular complexity index is 1550. The van der Waals surface area contributed by atoms with E-state index in [1.165, 1.54) is 11.3 Å². The molecule has 0 spiro atoms. The molecule has 0 atom stereocenters. The van der Waals surface area contributed by atoms with Crippen LogP contribution in [0.3, 0.4) is 0 Å². The molecule has 6 rings (SSSR count). The van der Waals surface area contributed by atoms with Crippen LogP contribution < -0.4 is 4.74 Å². The zero-order chi connectivity index (χ0) is 22.7. The Balaban J connectivity index is 0.00000253. The first-order valence-electron chi connectivity index (χ1n) is 10.6. The first kappa shape index (κ1) is 22.7. The number of aromatic amines is 1. The van der Waals surface area contributed by atoms with Gasteiger partial charge in [0.25, 0.3) is 0 Å². The van der Waals surface area contributed by atoms with Gasteiger partial charge in [0.2, 0.25) is 0 Å². The van der Waals surface area contributed by atoms with Crippen molar-refractivity contribution in [2.24, 2.45) is 0 Å². The molecule has 0 aliphatic heterocycles. The zero-order valence-corrected chi connectivity index (χ0v) is 19.9. The van der Waals surface area contributed by atoms with Crippen LogP contribution in [0.25, 0.3) is 33.1 Å². The zero-order valence-electron chi connectivity index (χ0n) is 18.3. The summed E-state index contributed by atoms with van der Waals surface area (Å²) in [5, 5.41) is 18.0. The number of benzene rings is 2. The maximum absolute atomic E-state index is 6.11. The minimum absolute atomic E-state index is 0. The molecule has 8 nitrogen and oxygen atoms in total. The van der Waals surface area contributed by atoms with Crippen molar-refractivity contribution < 1.29 is 9.15 Å². The Morgan fingerprint density at radius 2 is 1.83 bits per heavy atom. The molecular weight excluding hydrogens is 484 g/mol. The molecule has 0 aliphatic carbocycles. The first-order valence-corrected chi connectivity index (χ1v) is 11.5. The van der Waals surface area contributed by atoms with E-state index >= 15 is 0 Å². The minimum Gasteiger partial charge on any atom is -0.489 e. The molecule has 4 aromatic heterocycles. The highest BCUT2D eigenvalue weighted by Crippen LogP contribution is 2.33. The van der Waals surface area contributed by atoms with Gasteiger partial charge in [-0.25, -0.2) is 4.98 Å². The van der Waals surface area contributed by atoms with Gasteiger partial charge in [0.15, 0.2) is 16.6 Å². The molecule has 35 heavy (non-hydrogen) atoms. The molecule has 2 aromatic carbocycles. The van der Waals surface area contributed by atoms with E-state index < -0.39 is 0 Å². The molecule has 0 unspecified atom stereocenters. The van der Waals surface area contributed by atoms with Crippen molar-refractivity contribution in [2.75, 3.05) is 0 Å². The van der Waals surface area contributed by atoms with Gasteiger partial charge in [-0.2, -0.15) is 5.21 Å². The Morgan fingerprint density at radius 1 is 0.943 bits per heavy atom. The van der Waals surface area contributed by atoms with Crippen LogP contribution in [0.1, 0.15) is 17.0 Å². The standard InChI is InChI=1S/C25H18N6O2S.ClH/c1-2-6-17(16(5-1)13-24-28-30-31-29-24)14-32-19-8-9-22-18(11-19)12-23(33-22)25-27-21(15-34-25)20-7-3-4-10-26-20;/h1-12,15H,13-14H2,(H,28,29,30,31);1H. The van der Waals surface area contributed by atoms with E-state index in [1.807, 2.05) is 72.1 Å². The Hall–Kier alpha value is -4.08. The maximum Gasteiger partial charge on any atom is 0.178 e. The van der Waals surface area contributed by atoms with Crippen molar-refractivity contribution in [3.05, 3.63) is 95.3 Å². The van der Waals surface area contributed by atoms with Gasteiger partial charge < -0.3 is 9.15 Å². The van der Waals surface area contributed by atoms with E-state index in [2.05, 4.69) is 25.6 Å². The van der Waals surface area contributed by atoms with Crippen molar-refractivity contribution in [3.63, 3.8) is 0 Å².